The Morgan fingerprint density at radius 1 is 1.03 bits per heavy atom. The van der Waals surface area contributed by atoms with Crippen LogP contribution < -0.4 is 5.73 Å². The van der Waals surface area contributed by atoms with Crippen LogP contribution in [0.3, 0.4) is 0 Å². The average Bonchev–Trinajstić information content (AvgIpc) is 3.09. The van der Waals surface area contributed by atoms with Crippen LogP contribution in [-0.4, -0.2) is 11.3 Å². The second-order valence-corrected chi connectivity index (χ2v) is 10.9. The Hall–Kier alpha value is -0.810. The highest BCUT2D eigenvalue weighted by Crippen LogP contribution is 2.76. The number of carbonyl (C=O) groups excluding carboxylic acids is 1. The third-order valence-corrected chi connectivity index (χ3v) is 10.8. The molecule has 2 N–H and O–H groups in total. The number of carbonyl (C=O) groups is 1. The Labute approximate surface area is 180 Å². The summed E-state index contributed by atoms with van der Waals surface area (Å²) in [5, 5.41) is 0. The van der Waals surface area contributed by atoms with Crippen molar-refractivity contribution < 1.29 is 4.79 Å². The van der Waals surface area contributed by atoms with Crippen LogP contribution >= 0.6 is 0 Å². The quantitative estimate of drug-likeness (QED) is 0.531. The fourth-order valence-electron chi connectivity index (χ4n) is 9.77. The van der Waals surface area contributed by atoms with Gasteiger partial charge in [-0.25, -0.2) is 0 Å². The van der Waals surface area contributed by atoms with Gasteiger partial charge in [-0.1, -0.05) is 41.0 Å². The van der Waals surface area contributed by atoms with Crippen molar-refractivity contribution in [3.8, 4) is 12.8 Å². The second kappa shape index (κ2) is 8.03. The van der Waals surface area contributed by atoms with E-state index in [1.165, 1.54) is 44.9 Å². The van der Waals surface area contributed by atoms with Crippen LogP contribution in [-0.2, 0) is 4.79 Å². The highest BCUT2D eigenvalue weighted by molar-refractivity contribution is 5.79. The largest absolute Gasteiger partial charge is 0.325 e. The highest BCUT2D eigenvalue weighted by Gasteiger charge is 2.73. The van der Waals surface area contributed by atoms with E-state index in [2.05, 4.69) is 33.6 Å². The Morgan fingerprint density at radius 3 is 2.38 bits per heavy atom. The average molecular weight is 400 g/mol. The van der Waals surface area contributed by atoms with Gasteiger partial charge in [-0.05, 0) is 91.3 Å². The molecular weight excluding hydrogens is 354 g/mol. The summed E-state index contributed by atoms with van der Waals surface area (Å²) < 4.78 is 0. The van der Waals surface area contributed by atoms with E-state index in [1.807, 2.05) is 13.8 Å². The molecule has 5 aliphatic carbocycles. The maximum Gasteiger partial charge on any atom is 0.133 e. The SMILES string of the molecule is C#C.CC.CCC1C(C)C23CCC4C5(C)CCC(=O)CC5CCC4(N)C2CCC13. The van der Waals surface area contributed by atoms with Crippen LogP contribution in [0.4, 0.5) is 0 Å². The normalized spacial score (nSPS) is 52.1. The molecule has 164 valence electrons. The molecule has 0 radical (unpaired) electrons. The molecule has 9 atom stereocenters. The molecule has 29 heavy (non-hydrogen) atoms. The van der Waals surface area contributed by atoms with Gasteiger partial charge in [0.05, 0.1) is 0 Å². The minimum atomic E-state index is 0.0611. The molecule has 0 aromatic rings. The first kappa shape index (κ1) is 22.9. The van der Waals surface area contributed by atoms with Gasteiger partial charge in [0.25, 0.3) is 0 Å². The molecule has 5 rings (SSSR count). The van der Waals surface area contributed by atoms with Crippen molar-refractivity contribution in [1.29, 1.82) is 0 Å². The molecule has 1 spiro atoms. The number of nitrogens with two attached hydrogens (primary N) is 1. The minimum absolute atomic E-state index is 0.0611. The summed E-state index contributed by atoms with van der Waals surface area (Å²) in [5.41, 5.74) is 8.40. The lowest BCUT2D eigenvalue weighted by Gasteiger charge is -2.71. The monoisotopic (exact) mass is 399 g/mol. The molecule has 0 bridgehead atoms. The fourth-order valence-corrected chi connectivity index (χ4v) is 9.77. The molecular formula is C27H45NO. The van der Waals surface area contributed by atoms with Gasteiger partial charge < -0.3 is 5.73 Å². The lowest BCUT2D eigenvalue weighted by Crippen LogP contribution is -2.72. The van der Waals surface area contributed by atoms with Crippen LogP contribution in [0.1, 0.15) is 98.8 Å². The molecule has 2 heteroatoms. The summed E-state index contributed by atoms with van der Waals surface area (Å²) in [6.07, 6.45) is 20.1. The molecule has 0 heterocycles. The molecule has 0 aromatic carbocycles. The first-order valence-corrected chi connectivity index (χ1v) is 12.5. The summed E-state index contributed by atoms with van der Waals surface area (Å²) >= 11 is 0. The molecule has 5 saturated carbocycles. The second-order valence-electron chi connectivity index (χ2n) is 10.9. The highest BCUT2D eigenvalue weighted by atomic mass is 16.1. The molecule has 2 nitrogen and oxygen atoms in total. The Kier molecular flexibility index (Phi) is 6.33. The van der Waals surface area contributed by atoms with Crippen molar-refractivity contribution in [2.75, 3.05) is 0 Å². The fraction of sp³-hybridized carbons (Fsp3) is 0.889. The Morgan fingerprint density at radius 2 is 1.72 bits per heavy atom. The molecule has 9 unspecified atom stereocenters. The van der Waals surface area contributed by atoms with E-state index in [1.54, 1.807) is 0 Å². The van der Waals surface area contributed by atoms with Gasteiger partial charge in [0, 0.05) is 18.4 Å². The van der Waals surface area contributed by atoms with Gasteiger partial charge in [-0.2, -0.15) is 0 Å². The maximum absolute atomic E-state index is 12.1. The van der Waals surface area contributed by atoms with Gasteiger partial charge >= 0.3 is 0 Å². The zero-order valence-electron chi connectivity index (χ0n) is 19.7. The third-order valence-electron chi connectivity index (χ3n) is 10.8. The topological polar surface area (TPSA) is 43.1 Å². The summed E-state index contributed by atoms with van der Waals surface area (Å²) in [5.74, 6) is 5.37. The third kappa shape index (κ3) is 2.82. The molecule has 0 aromatic heterocycles. The van der Waals surface area contributed by atoms with E-state index < -0.39 is 0 Å². The van der Waals surface area contributed by atoms with Gasteiger partial charge in [-0.3, -0.25) is 4.79 Å². The zero-order valence-corrected chi connectivity index (χ0v) is 19.7. The van der Waals surface area contributed by atoms with Crippen molar-refractivity contribution in [2.24, 2.45) is 52.1 Å². The number of terminal acetylenes is 1. The van der Waals surface area contributed by atoms with Gasteiger partial charge in [0.15, 0.2) is 0 Å². The predicted molar refractivity (Wildman–Crippen MR) is 122 cm³/mol. The van der Waals surface area contributed by atoms with Crippen LogP contribution in [0, 0.1) is 59.2 Å². The summed E-state index contributed by atoms with van der Waals surface area (Å²) in [6.45, 7) is 11.5. The van der Waals surface area contributed by atoms with Crippen molar-refractivity contribution in [3.05, 3.63) is 0 Å². The Balaban J connectivity index is 0.000000568. The number of rotatable bonds is 1. The van der Waals surface area contributed by atoms with E-state index in [-0.39, 0.29) is 5.54 Å². The minimum Gasteiger partial charge on any atom is -0.325 e. The Bertz CT molecular complexity index is 640. The number of hydrogen-bond acceptors (Lipinski definition) is 2. The van der Waals surface area contributed by atoms with Crippen LogP contribution in [0.2, 0.25) is 0 Å². The van der Waals surface area contributed by atoms with E-state index in [4.69, 9.17) is 5.73 Å². The molecule has 5 fully saturated rings. The van der Waals surface area contributed by atoms with E-state index in [0.29, 0.717) is 28.4 Å². The molecule has 5 aliphatic rings. The van der Waals surface area contributed by atoms with Crippen molar-refractivity contribution in [1.82, 2.24) is 0 Å². The number of hydrogen-bond donors (Lipinski definition) is 1. The number of fused-ring (bicyclic) bond motifs is 4. The predicted octanol–water partition coefficient (Wildman–Crippen LogP) is 6.23. The zero-order chi connectivity index (χ0) is 21.6. The van der Waals surface area contributed by atoms with Crippen LogP contribution in [0.15, 0.2) is 0 Å². The maximum atomic E-state index is 12.1. The van der Waals surface area contributed by atoms with Gasteiger partial charge in [0.1, 0.15) is 5.78 Å². The lowest BCUT2D eigenvalue weighted by molar-refractivity contribution is -0.203. The number of Topliss-reactive ketones (excluding diaryl/α,β-unsaturated/α-hetero) is 1. The van der Waals surface area contributed by atoms with Crippen molar-refractivity contribution in [2.45, 2.75) is 104 Å². The molecule has 0 aliphatic heterocycles. The van der Waals surface area contributed by atoms with Gasteiger partial charge in [-0.15, -0.1) is 12.8 Å². The van der Waals surface area contributed by atoms with E-state index in [9.17, 15) is 4.79 Å². The summed E-state index contributed by atoms with van der Waals surface area (Å²) in [7, 11) is 0. The molecule has 0 saturated heterocycles. The standard InChI is InChI=1S/C23H37NO.C2H6.C2H2/c1-4-17-14(2)22-11-9-19-21(3)10-8-16(25)13-15(21)7-12-23(19,24)20(22)6-5-18(17)22;2*1-2/h14-15,17-20H,4-13,24H2,1-3H3;1-2H3;1-2H. The summed E-state index contributed by atoms with van der Waals surface area (Å²) in [6, 6.07) is 0. The smallest absolute Gasteiger partial charge is 0.133 e. The number of ketones is 1. The van der Waals surface area contributed by atoms with E-state index in [0.717, 1.165) is 42.9 Å². The lowest BCUT2D eigenvalue weighted by atomic mass is 9.35. The van der Waals surface area contributed by atoms with Crippen LogP contribution in [0.25, 0.3) is 0 Å². The summed E-state index contributed by atoms with van der Waals surface area (Å²) in [4.78, 5) is 12.1. The molecule has 0 amide bonds. The van der Waals surface area contributed by atoms with Crippen molar-refractivity contribution >= 4 is 5.78 Å². The van der Waals surface area contributed by atoms with Gasteiger partial charge in [0.2, 0.25) is 0 Å². The van der Waals surface area contributed by atoms with Crippen molar-refractivity contribution in [3.63, 3.8) is 0 Å². The van der Waals surface area contributed by atoms with E-state index >= 15 is 0 Å². The first-order chi connectivity index (χ1) is 13.9. The first-order valence-electron chi connectivity index (χ1n) is 12.5. The van der Waals surface area contributed by atoms with Crippen LogP contribution in [0.5, 0.6) is 0 Å².